The predicted octanol–water partition coefficient (Wildman–Crippen LogP) is 4.37. The van der Waals surface area contributed by atoms with Gasteiger partial charge in [-0.3, -0.25) is 4.79 Å². The molecular formula is C20H18INO4. The number of ether oxygens (including phenoxy) is 1. The van der Waals surface area contributed by atoms with Crippen LogP contribution in [0, 0.1) is 3.57 Å². The number of hydrogen-bond acceptors (Lipinski definition) is 4. The number of halogens is 1. The molecule has 0 radical (unpaired) electrons. The molecule has 0 unspecified atom stereocenters. The van der Waals surface area contributed by atoms with Gasteiger partial charge in [-0.25, -0.2) is 4.79 Å². The van der Waals surface area contributed by atoms with Crippen molar-refractivity contribution < 1.29 is 13.9 Å². The summed E-state index contributed by atoms with van der Waals surface area (Å²) in [6, 6.07) is 14.3. The highest BCUT2D eigenvalue weighted by Gasteiger charge is 2.09. The molecule has 6 heteroatoms. The van der Waals surface area contributed by atoms with Gasteiger partial charge in [0.2, 0.25) is 0 Å². The average molecular weight is 463 g/mol. The van der Waals surface area contributed by atoms with E-state index >= 15 is 0 Å². The van der Waals surface area contributed by atoms with E-state index in [1.165, 1.54) is 6.07 Å². The number of amides is 1. The normalized spacial score (nSPS) is 10.7. The van der Waals surface area contributed by atoms with Gasteiger partial charge in [-0.05, 0) is 58.8 Å². The van der Waals surface area contributed by atoms with Crippen LogP contribution in [0.4, 0.5) is 5.69 Å². The molecule has 0 aliphatic carbocycles. The second-order valence-corrected chi connectivity index (χ2v) is 6.98. The maximum atomic E-state index is 12.1. The Hall–Kier alpha value is -2.35. The molecule has 0 aliphatic rings. The molecule has 0 bridgehead atoms. The number of anilines is 1. The molecule has 0 atom stereocenters. The van der Waals surface area contributed by atoms with Gasteiger partial charge in [0.25, 0.3) is 5.91 Å². The third-order valence-corrected chi connectivity index (χ3v) is 4.78. The smallest absolute Gasteiger partial charge is 0.336 e. The van der Waals surface area contributed by atoms with Crippen LogP contribution in [0.5, 0.6) is 5.75 Å². The number of hydrogen-bond donors (Lipinski definition) is 1. The Morgan fingerprint density at radius 2 is 2.00 bits per heavy atom. The van der Waals surface area contributed by atoms with Gasteiger partial charge in [0.1, 0.15) is 11.3 Å². The van der Waals surface area contributed by atoms with Crippen LogP contribution < -0.4 is 15.7 Å². The van der Waals surface area contributed by atoms with Crippen molar-refractivity contribution in [3.8, 4) is 5.75 Å². The minimum absolute atomic E-state index is 0.130. The summed E-state index contributed by atoms with van der Waals surface area (Å²) in [5, 5.41) is 3.70. The Kier molecular flexibility index (Phi) is 5.92. The third kappa shape index (κ3) is 4.43. The largest absolute Gasteiger partial charge is 0.484 e. The third-order valence-electron chi connectivity index (χ3n) is 3.84. The van der Waals surface area contributed by atoms with Gasteiger partial charge in [-0.1, -0.05) is 25.5 Å². The van der Waals surface area contributed by atoms with Crippen molar-refractivity contribution >= 4 is 45.2 Å². The van der Waals surface area contributed by atoms with Crippen molar-refractivity contribution in [3.63, 3.8) is 0 Å². The number of aryl methyl sites for hydroxylation is 1. The summed E-state index contributed by atoms with van der Waals surface area (Å²) in [5.74, 6) is 0.225. The van der Waals surface area contributed by atoms with E-state index in [0.717, 1.165) is 33.0 Å². The lowest BCUT2D eigenvalue weighted by Gasteiger charge is -2.10. The first-order valence-corrected chi connectivity index (χ1v) is 9.38. The lowest BCUT2D eigenvalue weighted by Crippen LogP contribution is -2.20. The fraction of sp³-hybridized carbons (Fsp3) is 0.200. The van der Waals surface area contributed by atoms with Gasteiger partial charge in [0.05, 0.1) is 5.69 Å². The van der Waals surface area contributed by atoms with E-state index in [1.807, 2.05) is 30.3 Å². The molecule has 1 N–H and O–H groups in total. The van der Waals surface area contributed by atoms with Gasteiger partial charge in [0.15, 0.2) is 6.61 Å². The van der Waals surface area contributed by atoms with Crippen molar-refractivity contribution in [1.82, 2.24) is 0 Å². The molecule has 0 aliphatic heterocycles. The summed E-state index contributed by atoms with van der Waals surface area (Å²) in [4.78, 5) is 23.8. The predicted molar refractivity (Wildman–Crippen MR) is 110 cm³/mol. The molecule has 1 amide bonds. The molecule has 1 aromatic heterocycles. The van der Waals surface area contributed by atoms with Crippen LogP contribution in [0.15, 0.2) is 57.7 Å². The zero-order chi connectivity index (χ0) is 18.5. The topological polar surface area (TPSA) is 68.5 Å². The Labute approximate surface area is 164 Å². The van der Waals surface area contributed by atoms with Crippen LogP contribution in [0.25, 0.3) is 11.0 Å². The summed E-state index contributed by atoms with van der Waals surface area (Å²) in [6.07, 6.45) is 1.75. The van der Waals surface area contributed by atoms with Gasteiger partial charge in [0, 0.05) is 21.1 Å². The fourth-order valence-electron chi connectivity index (χ4n) is 2.67. The number of fused-ring (bicyclic) bond motifs is 1. The van der Waals surface area contributed by atoms with Crippen molar-refractivity contribution in [1.29, 1.82) is 0 Å². The van der Waals surface area contributed by atoms with Crippen LogP contribution in [0.1, 0.15) is 18.9 Å². The molecule has 3 rings (SSSR count). The number of nitrogens with one attached hydrogen (secondary N) is 1. The average Bonchev–Trinajstić information content (AvgIpc) is 2.62. The van der Waals surface area contributed by atoms with E-state index in [2.05, 4.69) is 34.8 Å². The van der Waals surface area contributed by atoms with E-state index in [9.17, 15) is 9.59 Å². The zero-order valence-corrected chi connectivity index (χ0v) is 16.4. The van der Waals surface area contributed by atoms with E-state index in [0.29, 0.717) is 11.3 Å². The summed E-state index contributed by atoms with van der Waals surface area (Å²) in [5.41, 5.74) is 1.79. The molecular weight excluding hydrogens is 445 g/mol. The Morgan fingerprint density at radius 3 is 2.77 bits per heavy atom. The summed E-state index contributed by atoms with van der Waals surface area (Å²) < 4.78 is 11.8. The zero-order valence-electron chi connectivity index (χ0n) is 14.3. The molecule has 0 fully saturated rings. The molecule has 3 aromatic rings. The molecule has 0 saturated carbocycles. The maximum Gasteiger partial charge on any atom is 0.336 e. The Morgan fingerprint density at radius 1 is 1.19 bits per heavy atom. The van der Waals surface area contributed by atoms with Crippen LogP contribution >= 0.6 is 22.6 Å². The Balaban J connectivity index is 1.72. The standard InChI is InChI=1S/C20H18INO4/c1-2-5-13-10-20(24)26-18-11-14(8-9-15(13)18)25-12-19(23)22-17-7-4-3-6-16(17)21/h3-4,6-11H,2,5,12H2,1H3,(H,22,23). The molecule has 1 heterocycles. The van der Waals surface area contributed by atoms with E-state index in [1.54, 1.807) is 12.1 Å². The number of carbonyl (C=O) groups is 1. The van der Waals surface area contributed by atoms with Crippen molar-refractivity contribution in [3.05, 3.63) is 68.1 Å². The monoisotopic (exact) mass is 463 g/mol. The minimum atomic E-state index is -0.380. The van der Waals surface area contributed by atoms with Crippen LogP contribution in [0.2, 0.25) is 0 Å². The molecule has 0 saturated heterocycles. The number of carbonyl (C=O) groups excluding carboxylic acids is 1. The van der Waals surface area contributed by atoms with Gasteiger partial charge >= 0.3 is 5.63 Å². The highest BCUT2D eigenvalue weighted by Crippen LogP contribution is 2.23. The highest BCUT2D eigenvalue weighted by molar-refractivity contribution is 14.1. The quantitative estimate of drug-likeness (QED) is 0.436. The van der Waals surface area contributed by atoms with Crippen LogP contribution in [0.3, 0.4) is 0 Å². The maximum absolute atomic E-state index is 12.1. The Bertz CT molecular complexity index is 997. The SMILES string of the molecule is CCCc1cc(=O)oc2cc(OCC(=O)Nc3ccccc3I)ccc12. The van der Waals surface area contributed by atoms with E-state index in [-0.39, 0.29) is 18.1 Å². The molecule has 0 spiro atoms. The first kappa shape index (κ1) is 18.4. The minimum Gasteiger partial charge on any atom is -0.484 e. The number of para-hydroxylation sites is 1. The van der Waals surface area contributed by atoms with E-state index < -0.39 is 0 Å². The van der Waals surface area contributed by atoms with Crippen LogP contribution in [-0.4, -0.2) is 12.5 Å². The van der Waals surface area contributed by atoms with Crippen molar-refractivity contribution in [2.24, 2.45) is 0 Å². The van der Waals surface area contributed by atoms with Crippen molar-refractivity contribution in [2.45, 2.75) is 19.8 Å². The first-order chi connectivity index (χ1) is 12.6. The molecule has 2 aromatic carbocycles. The first-order valence-electron chi connectivity index (χ1n) is 8.31. The highest BCUT2D eigenvalue weighted by atomic mass is 127. The second kappa shape index (κ2) is 8.35. The van der Waals surface area contributed by atoms with Gasteiger partial charge in [-0.15, -0.1) is 0 Å². The van der Waals surface area contributed by atoms with E-state index in [4.69, 9.17) is 9.15 Å². The second-order valence-electron chi connectivity index (χ2n) is 5.82. The molecule has 134 valence electrons. The fourth-order valence-corrected chi connectivity index (χ4v) is 3.20. The summed E-state index contributed by atoms with van der Waals surface area (Å²) >= 11 is 2.16. The lowest BCUT2D eigenvalue weighted by atomic mass is 10.1. The van der Waals surface area contributed by atoms with Crippen molar-refractivity contribution in [2.75, 3.05) is 11.9 Å². The molecule has 26 heavy (non-hydrogen) atoms. The number of rotatable bonds is 6. The lowest BCUT2D eigenvalue weighted by molar-refractivity contribution is -0.118. The summed E-state index contributed by atoms with van der Waals surface area (Å²) in [7, 11) is 0. The van der Waals surface area contributed by atoms with Crippen LogP contribution in [-0.2, 0) is 11.2 Å². The van der Waals surface area contributed by atoms with Gasteiger partial charge in [-0.2, -0.15) is 0 Å². The van der Waals surface area contributed by atoms with Gasteiger partial charge < -0.3 is 14.5 Å². The molecule has 5 nitrogen and oxygen atoms in total. The number of benzene rings is 2. The summed E-state index contributed by atoms with van der Waals surface area (Å²) in [6.45, 7) is 1.93.